The lowest BCUT2D eigenvalue weighted by atomic mass is 9.74. The lowest BCUT2D eigenvalue weighted by Gasteiger charge is -2.34. The fraction of sp³-hybridized carbons (Fsp3) is 0.276. The van der Waals surface area contributed by atoms with Gasteiger partial charge in [-0.3, -0.25) is 14.4 Å². The number of nitrogens with one attached hydrogen (secondary N) is 1. The maximum atomic E-state index is 14.6. The average Bonchev–Trinajstić information content (AvgIpc) is 3.31. The van der Waals surface area contributed by atoms with Crippen molar-refractivity contribution >= 4 is 62.5 Å². The number of halogens is 2. The maximum Gasteiger partial charge on any atom is 0.274 e. The van der Waals surface area contributed by atoms with E-state index in [1.807, 2.05) is 0 Å². The minimum Gasteiger partial charge on any atom is -0.495 e. The number of benzene rings is 3. The van der Waals surface area contributed by atoms with Gasteiger partial charge < -0.3 is 9.47 Å². The first-order chi connectivity index (χ1) is 21.6. The molecule has 1 fully saturated rings. The Balaban J connectivity index is 1.69. The summed E-state index contributed by atoms with van der Waals surface area (Å²) in [7, 11) is -3.54. The van der Waals surface area contributed by atoms with Gasteiger partial charge in [-0.1, -0.05) is 46.5 Å². The van der Waals surface area contributed by atoms with Gasteiger partial charge in [-0.2, -0.15) is 10.1 Å². The van der Waals surface area contributed by atoms with E-state index >= 15 is 0 Å². The van der Waals surface area contributed by atoms with Gasteiger partial charge in [-0.25, -0.2) is 23.0 Å². The summed E-state index contributed by atoms with van der Waals surface area (Å²) in [4.78, 5) is 44.6. The normalized spacial score (nSPS) is 18.2. The van der Waals surface area contributed by atoms with Crippen molar-refractivity contribution in [2.24, 2.45) is 5.10 Å². The number of hydrazine groups is 1. The van der Waals surface area contributed by atoms with E-state index in [0.717, 1.165) is 0 Å². The maximum absolute atomic E-state index is 14.6. The van der Waals surface area contributed by atoms with Crippen LogP contribution in [0.15, 0.2) is 70.7 Å². The molecule has 5 rings (SSSR count). The van der Waals surface area contributed by atoms with Gasteiger partial charge in [0.05, 0.1) is 38.3 Å². The molecule has 0 bridgehead atoms. The van der Waals surface area contributed by atoms with Crippen molar-refractivity contribution in [1.82, 2.24) is 10.5 Å². The molecule has 2 heterocycles. The molecule has 2 amide bonds. The van der Waals surface area contributed by atoms with Gasteiger partial charge in [0.15, 0.2) is 5.41 Å². The van der Waals surface area contributed by atoms with Gasteiger partial charge >= 0.3 is 0 Å². The third-order valence-electron chi connectivity index (χ3n) is 7.30. The number of morpholine rings is 1. The van der Waals surface area contributed by atoms with Gasteiger partial charge in [0.25, 0.3) is 27.9 Å². The molecule has 16 heteroatoms. The molecule has 1 saturated heterocycles. The first-order valence-corrected chi connectivity index (χ1v) is 15.8. The topological polar surface area (TPSA) is 147 Å². The fourth-order valence-electron chi connectivity index (χ4n) is 5.34. The van der Waals surface area contributed by atoms with Crippen molar-refractivity contribution in [3.63, 3.8) is 0 Å². The molecule has 2 aliphatic rings. The summed E-state index contributed by atoms with van der Waals surface area (Å²) in [5.41, 5.74) is 0.115. The number of ether oxygens (including phenoxy) is 2. The SMILES string of the molecule is CCONC(=O)C1(c2ccccc2Cl)C(=O)N(S(=O)(=O)c2ccc(N(N=C=O)N3CCOCC3)cc2OC)c2ccc(Cl)cc21. The third-order valence-corrected chi connectivity index (χ3v) is 9.60. The molecule has 3 aromatic rings. The number of nitrogens with zero attached hydrogens (tertiary/aromatic N) is 4. The van der Waals surface area contributed by atoms with Crippen molar-refractivity contribution in [2.45, 2.75) is 17.2 Å². The molecule has 0 aromatic heterocycles. The van der Waals surface area contributed by atoms with Crippen LogP contribution in [0.2, 0.25) is 10.0 Å². The van der Waals surface area contributed by atoms with E-state index in [1.54, 1.807) is 24.1 Å². The van der Waals surface area contributed by atoms with Crippen LogP contribution >= 0.6 is 23.2 Å². The lowest BCUT2D eigenvalue weighted by molar-refractivity contribution is -0.142. The second-order valence-corrected chi connectivity index (χ2v) is 12.3. The Labute approximate surface area is 268 Å². The van der Waals surface area contributed by atoms with Crippen molar-refractivity contribution in [2.75, 3.05) is 49.4 Å². The van der Waals surface area contributed by atoms with Gasteiger partial charge in [-0.05, 0) is 43.3 Å². The average molecular weight is 677 g/mol. The number of methoxy groups -OCH3 is 1. The number of fused-ring (bicyclic) bond motifs is 1. The van der Waals surface area contributed by atoms with Crippen LogP contribution in [0, 0.1) is 0 Å². The van der Waals surface area contributed by atoms with Crippen LogP contribution in [0.25, 0.3) is 0 Å². The Morgan fingerprint density at radius 3 is 2.51 bits per heavy atom. The van der Waals surface area contributed by atoms with Crippen molar-refractivity contribution in [3.05, 3.63) is 81.8 Å². The van der Waals surface area contributed by atoms with E-state index in [1.165, 1.54) is 66.8 Å². The second kappa shape index (κ2) is 13.2. The predicted molar refractivity (Wildman–Crippen MR) is 164 cm³/mol. The number of anilines is 2. The highest BCUT2D eigenvalue weighted by atomic mass is 35.5. The van der Waals surface area contributed by atoms with E-state index in [0.29, 0.717) is 30.6 Å². The van der Waals surface area contributed by atoms with E-state index < -0.39 is 32.1 Å². The molecule has 1 unspecified atom stereocenters. The number of sulfonamides is 1. The largest absolute Gasteiger partial charge is 0.495 e. The standard InChI is InChI=1S/C29H27Cl2N5O8S/c1-3-44-33-27(38)29(21-6-4-5-7-23(21)31)22-16-19(30)8-10-24(22)35(28(29)39)45(40,41)26-11-9-20(17-25(26)42-2)36(32-18-37)34-12-14-43-15-13-34/h4-11,16-17H,3,12-15H2,1-2H3,(H,33,38). The third kappa shape index (κ3) is 5.55. The van der Waals surface area contributed by atoms with Gasteiger partial charge in [0, 0.05) is 40.3 Å². The van der Waals surface area contributed by atoms with Crippen LogP contribution in [0.5, 0.6) is 5.75 Å². The molecule has 0 spiro atoms. The number of hydrazone groups is 1. The van der Waals surface area contributed by atoms with Crippen LogP contribution in [-0.2, 0) is 39.4 Å². The zero-order chi connectivity index (χ0) is 32.4. The predicted octanol–water partition coefficient (Wildman–Crippen LogP) is 3.40. The summed E-state index contributed by atoms with van der Waals surface area (Å²) in [6.45, 7) is 3.27. The van der Waals surface area contributed by atoms with E-state index in [4.69, 9.17) is 37.5 Å². The summed E-state index contributed by atoms with van der Waals surface area (Å²) >= 11 is 12.9. The Morgan fingerprint density at radius 1 is 1.11 bits per heavy atom. The number of hydrogen-bond donors (Lipinski definition) is 1. The zero-order valence-corrected chi connectivity index (χ0v) is 26.4. The number of amides is 2. The molecular formula is C29H27Cl2N5O8S. The summed E-state index contributed by atoms with van der Waals surface area (Å²) in [6.07, 6.45) is 1.50. The molecule has 1 atom stereocenters. The number of carbonyl (C=O) groups excluding carboxylic acids is 3. The highest BCUT2D eigenvalue weighted by Crippen LogP contribution is 2.51. The molecule has 0 aliphatic carbocycles. The smallest absolute Gasteiger partial charge is 0.274 e. The number of rotatable bonds is 10. The lowest BCUT2D eigenvalue weighted by Crippen LogP contribution is -2.53. The first kappa shape index (κ1) is 32.4. The second-order valence-electron chi connectivity index (χ2n) is 9.71. The first-order valence-electron chi connectivity index (χ1n) is 13.6. The Kier molecular flexibility index (Phi) is 9.46. The van der Waals surface area contributed by atoms with Crippen LogP contribution in [0.4, 0.5) is 11.4 Å². The van der Waals surface area contributed by atoms with Crippen LogP contribution in [0.1, 0.15) is 18.1 Å². The molecule has 0 radical (unpaired) electrons. The van der Waals surface area contributed by atoms with Crippen molar-refractivity contribution in [3.8, 4) is 5.75 Å². The minimum absolute atomic E-state index is 0.0188. The molecular weight excluding hydrogens is 649 g/mol. The molecule has 1 N–H and O–H groups in total. The Hall–Kier alpha value is -4.01. The van der Waals surface area contributed by atoms with Crippen molar-refractivity contribution < 1.29 is 37.1 Å². The molecule has 13 nitrogen and oxygen atoms in total. The molecule has 2 aliphatic heterocycles. The van der Waals surface area contributed by atoms with Gasteiger partial charge in [-0.15, -0.1) is 0 Å². The fourth-order valence-corrected chi connectivity index (χ4v) is 7.40. The van der Waals surface area contributed by atoms with Gasteiger partial charge in [0.1, 0.15) is 10.6 Å². The Morgan fingerprint density at radius 2 is 1.84 bits per heavy atom. The Bertz CT molecular complexity index is 1800. The number of isocyanates is 1. The summed E-state index contributed by atoms with van der Waals surface area (Å²) < 4.78 is 40.4. The van der Waals surface area contributed by atoms with E-state index in [-0.39, 0.29) is 44.9 Å². The van der Waals surface area contributed by atoms with E-state index in [9.17, 15) is 22.8 Å². The van der Waals surface area contributed by atoms with E-state index in [2.05, 4.69) is 10.6 Å². The zero-order valence-electron chi connectivity index (χ0n) is 24.0. The number of hydrogen-bond acceptors (Lipinski definition) is 11. The van der Waals surface area contributed by atoms with Crippen LogP contribution in [0.3, 0.4) is 0 Å². The minimum atomic E-state index is -4.79. The van der Waals surface area contributed by atoms with Gasteiger partial charge in [0.2, 0.25) is 0 Å². The summed E-state index contributed by atoms with van der Waals surface area (Å²) in [6, 6.07) is 14.2. The molecule has 236 valence electrons. The van der Waals surface area contributed by atoms with Crippen molar-refractivity contribution in [1.29, 1.82) is 0 Å². The molecule has 3 aromatic carbocycles. The highest BCUT2D eigenvalue weighted by Gasteiger charge is 2.62. The summed E-state index contributed by atoms with van der Waals surface area (Å²) in [5.74, 6) is -2.28. The van der Waals surface area contributed by atoms with Crippen LogP contribution < -0.4 is 19.6 Å². The van der Waals surface area contributed by atoms with Crippen LogP contribution in [-0.4, -0.2) is 71.3 Å². The molecule has 0 saturated carbocycles. The quantitative estimate of drug-likeness (QED) is 0.147. The number of hydroxylamine groups is 1. The highest BCUT2D eigenvalue weighted by molar-refractivity contribution is 7.93. The summed E-state index contributed by atoms with van der Waals surface area (Å²) in [5, 5.41) is 6.93. The monoisotopic (exact) mass is 675 g/mol. The number of carbonyl (C=O) groups is 2. The molecule has 45 heavy (non-hydrogen) atoms.